The molecular formula is C21H26ClN3O. The van der Waals surface area contributed by atoms with Gasteiger partial charge in [-0.1, -0.05) is 35.9 Å². The number of halogens is 1. The average molecular weight is 372 g/mol. The number of amides is 2. The lowest BCUT2D eigenvalue weighted by Gasteiger charge is -2.37. The third-order valence-corrected chi connectivity index (χ3v) is 5.34. The van der Waals surface area contributed by atoms with Crippen LogP contribution in [0.15, 0.2) is 42.5 Å². The maximum absolute atomic E-state index is 12.4. The van der Waals surface area contributed by atoms with Crippen molar-refractivity contribution in [3.05, 3.63) is 64.2 Å². The first-order valence-corrected chi connectivity index (χ1v) is 9.51. The lowest BCUT2D eigenvalue weighted by molar-refractivity contribution is 0.194. The molecule has 0 spiro atoms. The molecule has 1 N–H and O–H groups in total. The van der Waals surface area contributed by atoms with E-state index in [1.165, 1.54) is 22.4 Å². The Kier molecular flexibility index (Phi) is 6.04. The van der Waals surface area contributed by atoms with Gasteiger partial charge in [0.15, 0.2) is 0 Å². The Bertz CT molecular complexity index is 752. The number of hydrogen-bond donors (Lipinski definition) is 1. The van der Waals surface area contributed by atoms with Gasteiger partial charge in [0.05, 0.1) is 0 Å². The van der Waals surface area contributed by atoms with Gasteiger partial charge >= 0.3 is 6.03 Å². The fourth-order valence-electron chi connectivity index (χ4n) is 3.31. The van der Waals surface area contributed by atoms with E-state index in [2.05, 4.69) is 42.3 Å². The number of anilines is 1. The molecule has 2 amide bonds. The highest BCUT2D eigenvalue weighted by molar-refractivity contribution is 6.30. The summed E-state index contributed by atoms with van der Waals surface area (Å²) in [5.74, 6) is 0. The second kappa shape index (κ2) is 8.45. The van der Waals surface area contributed by atoms with Crippen LogP contribution < -0.4 is 10.2 Å². The minimum absolute atomic E-state index is 0.0274. The summed E-state index contributed by atoms with van der Waals surface area (Å²) in [6.07, 6.45) is 0.811. The topological polar surface area (TPSA) is 35.6 Å². The van der Waals surface area contributed by atoms with E-state index in [9.17, 15) is 4.79 Å². The summed E-state index contributed by atoms with van der Waals surface area (Å²) in [7, 11) is 0. The molecule has 4 nitrogen and oxygen atoms in total. The van der Waals surface area contributed by atoms with Gasteiger partial charge in [0.2, 0.25) is 0 Å². The number of hydrogen-bond acceptors (Lipinski definition) is 2. The van der Waals surface area contributed by atoms with Crippen molar-refractivity contribution in [2.45, 2.75) is 20.3 Å². The van der Waals surface area contributed by atoms with Crippen LogP contribution in [0.2, 0.25) is 5.02 Å². The molecule has 1 aliphatic heterocycles. The van der Waals surface area contributed by atoms with Crippen molar-refractivity contribution in [2.75, 3.05) is 37.6 Å². The van der Waals surface area contributed by atoms with Gasteiger partial charge in [-0.2, -0.15) is 0 Å². The molecule has 1 saturated heterocycles. The third kappa shape index (κ3) is 4.50. The van der Waals surface area contributed by atoms with Crippen LogP contribution in [0.3, 0.4) is 0 Å². The Morgan fingerprint density at radius 3 is 2.42 bits per heavy atom. The molecule has 3 rings (SSSR count). The number of nitrogens with one attached hydrogen (secondary N) is 1. The zero-order valence-electron chi connectivity index (χ0n) is 15.5. The van der Waals surface area contributed by atoms with Crippen LogP contribution in [0.25, 0.3) is 0 Å². The molecule has 2 aromatic rings. The van der Waals surface area contributed by atoms with Crippen molar-refractivity contribution in [2.24, 2.45) is 0 Å². The quantitative estimate of drug-likeness (QED) is 0.880. The van der Waals surface area contributed by atoms with Crippen LogP contribution >= 0.6 is 11.6 Å². The average Bonchev–Trinajstić information content (AvgIpc) is 2.66. The van der Waals surface area contributed by atoms with Crippen molar-refractivity contribution >= 4 is 23.3 Å². The fraction of sp³-hybridized carbons (Fsp3) is 0.381. The Balaban J connectivity index is 1.46. The monoisotopic (exact) mass is 371 g/mol. The van der Waals surface area contributed by atoms with Gasteiger partial charge in [-0.3, -0.25) is 0 Å². The summed E-state index contributed by atoms with van der Waals surface area (Å²) in [5.41, 5.74) is 5.10. The van der Waals surface area contributed by atoms with Crippen molar-refractivity contribution < 1.29 is 4.79 Å². The van der Waals surface area contributed by atoms with E-state index in [1.54, 1.807) is 0 Å². The highest BCUT2D eigenvalue weighted by atomic mass is 35.5. The van der Waals surface area contributed by atoms with E-state index in [1.807, 2.05) is 29.2 Å². The summed E-state index contributed by atoms with van der Waals surface area (Å²) in [6.45, 7) is 8.19. The number of carbonyl (C=O) groups is 1. The molecule has 1 fully saturated rings. The number of urea groups is 1. The number of piperazine rings is 1. The summed E-state index contributed by atoms with van der Waals surface area (Å²) >= 11 is 5.89. The molecule has 138 valence electrons. The van der Waals surface area contributed by atoms with Gasteiger partial charge in [0.1, 0.15) is 0 Å². The predicted octanol–water partition coefficient (Wildman–Crippen LogP) is 4.03. The van der Waals surface area contributed by atoms with Crippen LogP contribution in [-0.4, -0.2) is 43.7 Å². The molecule has 0 saturated carbocycles. The van der Waals surface area contributed by atoms with Crippen molar-refractivity contribution in [3.63, 3.8) is 0 Å². The molecular weight excluding hydrogens is 346 g/mol. The Morgan fingerprint density at radius 2 is 1.73 bits per heavy atom. The summed E-state index contributed by atoms with van der Waals surface area (Å²) in [5, 5.41) is 3.76. The number of benzene rings is 2. The van der Waals surface area contributed by atoms with E-state index in [0.29, 0.717) is 6.54 Å². The van der Waals surface area contributed by atoms with Gasteiger partial charge in [0, 0.05) is 43.4 Å². The Hall–Kier alpha value is -2.20. The van der Waals surface area contributed by atoms with Crippen LogP contribution in [0.5, 0.6) is 0 Å². The van der Waals surface area contributed by atoms with Crippen LogP contribution in [0.4, 0.5) is 10.5 Å². The molecule has 5 heteroatoms. The SMILES string of the molecule is Cc1cccc(N2CCN(C(=O)NCCc3ccc(Cl)cc3)CC2)c1C. The Morgan fingerprint density at radius 1 is 1.04 bits per heavy atom. The van der Waals surface area contributed by atoms with E-state index >= 15 is 0 Å². The summed E-state index contributed by atoms with van der Waals surface area (Å²) in [6, 6.07) is 14.2. The smallest absolute Gasteiger partial charge is 0.317 e. The van der Waals surface area contributed by atoms with Gasteiger partial charge in [-0.05, 0) is 55.2 Å². The number of nitrogens with zero attached hydrogens (tertiary/aromatic N) is 2. The lowest BCUT2D eigenvalue weighted by atomic mass is 10.1. The maximum atomic E-state index is 12.4. The van der Waals surface area contributed by atoms with Crippen molar-refractivity contribution in [1.82, 2.24) is 10.2 Å². The second-order valence-corrected chi connectivity index (χ2v) is 7.24. The molecule has 1 heterocycles. The molecule has 26 heavy (non-hydrogen) atoms. The highest BCUT2D eigenvalue weighted by Crippen LogP contribution is 2.23. The van der Waals surface area contributed by atoms with Gasteiger partial charge in [0.25, 0.3) is 0 Å². The van der Waals surface area contributed by atoms with Crippen LogP contribution in [0, 0.1) is 13.8 Å². The number of rotatable bonds is 4. The fourth-order valence-corrected chi connectivity index (χ4v) is 3.43. The van der Waals surface area contributed by atoms with Gasteiger partial charge in [-0.25, -0.2) is 4.79 Å². The number of aryl methyl sites for hydroxylation is 1. The van der Waals surface area contributed by atoms with Crippen molar-refractivity contribution in [1.29, 1.82) is 0 Å². The zero-order valence-corrected chi connectivity index (χ0v) is 16.2. The molecule has 0 atom stereocenters. The normalized spacial score (nSPS) is 14.4. The second-order valence-electron chi connectivity index (χ2n) is 6.80. The summed E-state index contributed by atoms with van der Waals surface area (Å²) < 4.78 is 0. The molecule has 0 unspecified atom stereocenters. The molecule has 2 aromatic carbocycles. The minimum Gasteiger partial charge on any atom is -0.368 e. The molecule has 1 aliphatic rings. The van der Waals surface area contributed by atoms with E-state index in [4.69, 9.17) is 11.6 Å². The van der Waals surface area contributed by atoms with E-state index < -0.39 is 0 Å². The minimum atomic E-state index is 0.0274. The van der Waals surface area contributed by atoms with E-state index in [-0.39, 0.29) is 6.03 Å². The predicted molar refractivity (Wildman–Crippen MR) is 108 cm³/mol. The molecule has 0 aliphatic carbocycles. The van der Waals surface area contributed by atoms with Gasteiger partial charge < -0.3 is 15.1 Å². The van der Waals surface area contributed by atoms with Crippen molar-refractivity contribution in [3.8, 4) is 0 Å². The van der Waals surface area contributed by atoms with E-state index in [0.717, 1.165) is 37.6 Å². The molecule has 0 bridgehead atoms. The van der Waals surface area contributed by atoms with Gasteiger partial charge in [-0.15, -0.1) is 0 Å². The highest BCUT2D eigenvalue weighted by Gasteiger charge is 2.22. The molecule has 0 radical (unpaired) electrons. The largest absolute Gasteiger partial charge is 0.368 e. The zero-order chi connectivity index (χ0) is 18.5. The Labute approximate surface area is 160 Å². The van der Waals surface area contributed by atoms with Crippen LogP contribution in [-0.2, 0) is 6.42 Å². The summed E-state index contributed by atoms with van der Waals surface area (Å²) in [4.78, 5) is 16.7. The number of carbonyl (C=O) groups excluding carboxylic acids is 1. The maximum Gasteiger partial charge on any atom is 0.317 e. The first-order valence-electron chi connectivity index (χ1n) is 9.13. The third-order valence-electron chi connectivity index (χ3n) is 5.09. The first kappa shape index (κ1) is 18.6. The lowest BCUT2D eigenvalue weighted by Crippen LogP contribution is -2.52. The first-order chi connectivity index (χ1) is 12.5. The standard InChI is InChI=1S/C21H26ClN3O/c1-16-4-3-5-20(17(16)2)24-12-14-25(15-13-24)21(26)23-11-10-18-6-8-19(22)9-7-18/h3-9H,10-15H2,1-2H3,(H,23,26). The molecule has 0 aromatic heterocycles. The van der Waals surface area contributed by atoms with Crippen LogP contribution in [0.1, 0.15) is 16.7 Å².